The molecule has 6 heteroatoms. The average Bonchev–Trinajstić information content (AvgIpc) is 2.77. The first-order valence-corrected chi connectivity index (χ1v) is 9.97. The van der Waals surface area contributed by atoms with Crippen LogP contribution in [-0.2, 0) is 6.42 Å². The number of ether oxygens (including phenoxy) is 2. The zero-order chi connectivity index (χ0) is 21.3. The molecule has 0 spiro atoms. The molecule has 0 aliphatic carbocycles. The van der Waals surface area contributed by atoms with Crippen LogP contribution in [0, 0.1) is 5.82 Å². The van der Waals surface area contributed by atoms with Crippen molar-refractivity contribution >= 4 is 17.5 Å². The van der Waals surface area contributed by atoms with Gasteiger partial charge in [0, 0.05) is 11.6 Å². The lowest BCUT2D eigenvalue weighted by Crippen LogP contribution is -2.41. The highest BCUT2D eigenvalue weighted by molar-refractivity contribution is 6.31. The average molecular weight is 426 g/mol. The van der Waals surface area contributed by atoms with Gasteiger partial charge in [-0.2, -0.15) is 0 Å². The Balaban J connectivity index is 1.89. The third-order valence-electron chi connectivity index (χ3n) is 5.44. The number of nitrogens with zero attached hydrogens (tertiary/aromatic N) is 1. The molecule has 30 heavy (non-hydrogen) atoms. The van der Waals surface area contributed by atoms with Gasteiger partial charge in [0.25, 0.3) is 5.91 Å². The summed E-state index contributed by atoms with van der Waals surface area (Å²) >= 11 is 6.54. The SMILES string of the molecule is COc1cc2c(cc1OC)C(c1ccccc1Cl)N(C(=O)c1ccccc1F)CC2. The van der Waals surface area contributed by atoms with E-state index >= 15 is 0 Å². The Morgan fingerprint density at radius 2 is 1.67 bits per heavy atom. The van der Waals surface area contributed by atoms with E-state index in [1.165, 1.54) is 12.1 Å². The van der Waals surface area contributed by atoms with Crippen molar-refractivity contribution in [3.8, 4) is 11.5 Å². The molecule has 0 saturated heterocycles. The van der Waals surface area contributed by atoms with Crippen LogP contribution in [0.4, 0.5) is 4.39 Å². The zero-order valence-corrected chi connectivity index (χ0v) is 17.4. The molecular weight excluding hydrogens is 405 g/mol. The van der Waals surface area contributed by atoms with E-state index in [1.54, 1.807) is 37.3 Å². The molecule has 4 nitrogen and oxygen atoms in total. The number of hydrogen-bond donors (Lipinski definition) is 0. The quantitative estimate of drug-likeness (QED) is 0.570. The summed E-state index contributed by atoms with van der Waals surface area (Å²) in [4.78, 5) is 15.1. The highest BCUT2D eigenvalue weighted by atomic mass is 35.5. The van der Waals surface area contributed by atoms with Crippen molar-refractivity contribution in [1.82, 2.24) is 4.90 Å². The number of benzene rings is 3. The maximum atomic E-state index is 14.4. The Morgan fingerprint density at radius 3 is 2.37 bits per heavy atom. The Bertz CT molecular complexity index is 1100. The topological polar surface area (TPSA) is 38.8 Å². The van der Waals surface area contributed by atoms with Crippen LogP contribution >= 0.6 is 11.6 Å². The number of carbonyl (C=O) groups excluding carboxylic acids is 1. The highest BCUT2D eigenvalue weighted by Crippen LogP contribution is 2.43. The Kier molecular flexibility index (Phi) is 5.64. The minimum Gasteiger partial charge on any atom is -0.493 e. The van der Waals surface area contributed by atoms with Crippen LogP contribution in [0.2, 0.25) is 5.02 Å². The summed E-state index contributed by atoms with van der Waals surface area (Å²) in [6, 6.07) is 16.8. The minimum atomic E-state index is -0.543. The fourth-order valence-corrected chi connectivity index (χ4v) is 4.23. The van der Waals surface area contributed by atoms with E-state index in [1.807, 2.05) is 30.3 Å². The molecule has 0 aromatic heterocycles. The number of fused-ring (bicyclic) bond motifs is 1. The molecule has 0 fully saturated rings. The second kappa shape index (κ2) is 8.36. The third kappa shape index (κ3) is 3.50. The molecule has 0 N–H and O–H groups in total. The van der Waals surface area contributed by atoms with Crippen LogP contribution < -0.4 is 9.47 Å². The first-order valence-electron chi connectivity index (χ1n) is 9.60. The van der Waals surface area contributed by atoms with Crippen molar-refractivity contribution in [2.45, 2.75) is 12.5 Å². The lowest BCUT2D eigenvalue weighted by atomic mass is 9.87. The number of rotatable bonds is 4. The smallest absolute Gasteiger partial charge is 0.257 e. The molecule has 1 amide bonds. The maximum absolute atomic E-state index is 14.4. The number of carbonyl (C=O) groups is 1. The number of hydrogen-bond acceptors (Lipinski definition) is 3. The summed E-state index contributed by atoms with van der Waals surface area (Å²) < 4.78 is 25.3. The van der Waals surface area contributed by atoms with Gasteiger partial charge in [-0.15, -0.1) is 0 Å². The van der Waals surface area contributed by atoms with Gasteiger partial charge in [-0.1, -0.05) is 41.9 Å². The van der Waals surface area contributed by atoms with Crippen LogP contribution in [0.5, 0.6) is 11.5 Å². The number of halogens is 2. The number of methoxy groups -OCH3 is 2. The Labute approximate surface area is 179 Å². The molecular formula is C24H21ClFNO3. The van der Waals surface area contributed by atoms with Crippen molar-refractivity contribution in [3.63, 3.8) is 0 Å². The first kappa shape index (κ1) is 20.2. The van der Waals surface area contributed by atoms with Crippen molar-refractivity contribution in [3.05, 3.63) is 93.8 Å². The lowest BCUT2D eigenvalue weighted by Gasteiger charge is -2.38. The fourth-order valence-electron chi connectivity index (χ4n) is 3.99. The molecule has 0 bridgehead atoms. The normalized spacial score (nSPS) is 15.5. The lowest BCUT2D eigenvalue weighted by molar-refractivity contribution is 0.0689. The molecule has 1 heterocycles. The Hall–Kier alpha value is -3.05. The van der Waals surface area contributed by atoms with E-state index in [2.05, 4.69) is 0 Å². The van der Waals surface area contributed by atoms with Crippen LogP contribution in [0.25, 0.3) is 0 Å². The Morgan fingerprint density at radius 1 is 1.00 bits per heavy atom. The molecule has 154 valence electrons. The predicted molar refractivity (Wildman–Crippen MR) is 114 cm³/mol. The summed E-state index contributed by atoms with van der Waals surface area (Å²) in [7, 11) is 3.16. The van der Waals surface area contributed by atoms with Crippen LogP contribution in [-0.4, -0.2) is 31.6 Å². The summed E-state index contributed by atoms with van der Waals surface area (Å²) in [5.41, 5.74) is 2.74. The maximum Gasteiger partial charge on any atom is 0.257 e. The van der Waals surface area contributed by atoms with Gasteiger partial charge in [0.05, 0.1) is 25.8 Å². The second-order valence-corrected chi connectivity index (χ2v) is 7.47. The van der Waals surface area contributed by atoms with E-state index in [0.717, 1.165) is 16.7 Å². The van der Waals surface area contributed by atoms with Crippen LogP contribution in [0.3, 0.4) is 0 Å². The van der Waals surface area contributed by atoms with E-state index in [4.69, 9.17) is 21.1 Å². The standard InChI is InChI=1S/C24H21ClFNO3/c1-29-21-13-15-11-12-27(24(28)17-8-4-6-10-20(17)26)23(18(15)14-22(21)30-2)16-7-3-5-9-19(16)25/h3-10,13-14,23H,11-12H2,1-2H3. The van der Waals surface area contributed by atoms with Crippen LogP contribution in [0.1, 0.15) is 33.1 Å². The van der Waals surface area contributed by atoms with Gasteiger partial charge in [-0.05, 0) is 53.4 Å². The van der Waals surface area contributed by atoms with E-state index in [9.17, 15) is 9.18 Å². The molecule has 0 radical (unpaired) electrons. The second-order valence-electron chi connectivity index (χ2n) is 7.06. The molecule has 1 aliphatic heterocycles. The summed E-state index contributed by atoms with van der Waals surface area (Å²) in [5.74, 6) is 0.272. The van der Waals surface area contributed by atoms with Gasteiger partial charge < -0.3 is 14.4 Å². The monoisotopic (exact) mass is 425 g/mol. The fraction of sp³-hybridized carbons (Fsp3) is 0.208. The van der Waals surface area contributed by atoms with Gasteiger partial charge >= 0.3 is 0 Å². The largest absolute Gasteiger partial charge is 0.493 e. The first-order chi connectivity index (χ1) is 14.5. The van der Waals surface area contributed by atoms with E-state index in [0.29, 0.717) is 29.5 Å². The van der Waals surface area contributed by atoms with Gasteiger partial charge in [0.2, 0.25) is 0 Å². The molecule has 4 rings (SSSR count). The minimum absolute atomic E-state index is 0.0403. The summed E-state index contributed by atoms with van der Waals surface area (Å²) in [5, 5.41) is 0.538. The molecule has 1 aliphatic rings. The van der Waals surface area contributed by atoms with Gasteiger partial charge in [0.15, 0.2) is 11.5 Å². The third-order valence-corrected chi connectivity index (χ3v) is 5.78. The van der Waals surface area contributed by atoms with Gasteiger partial charge in [-0.25, -0.2) is 4.39 Å². The van der Waals surface area contributed by atoms with Crippen LogP contribution in [0.15, 0.2) is 60.7 Å². The molecule has 1 atom stereocenters. The highest BCUT2D eigenvalue weighted by Gasteiger charge is 2.35. The molecule has 0 saturated carbocycles. The number of amides is 1. The van der Waals surface area contributed by atoms with E-state index in [-0.39, 0.29) is 11.5 Å². The molecule has 3 aromatic rings. The zero-order valence-electron chi connectivity index (χ0n) is 16.7. The summed E-state index contributed by atoms with van der Waals surface area (Å²) in [6.07, 6.45) is 0.608. The van der Waals surface area contributed by atoms with Crippen molar-refractivity contribution in [1.29, 1.82) is 0 Å². The van der Waals surface area contributed by atoms with Crippen molar-refractivity contribution < 1.29 is 18.7 Å². The van der Waals surface area contributed by atoms with Gasteiger partial charge in [0.1, 0.15) is 5.82 Å². The molecule has 3 aromatic carbocycles. The summed E-state index contributed by atoms with van der Waals surface area (Å²) in [6.45, 7) is 0.422. The van der Waals surface area contributed by atoms with Crippen molar-refractivity contribution in [2.75, 3.05) is 20.8 Å². The van der Waals surface area contributed by atoms with Gasteiger partial charge in [-0.3, -0.25) is 4.79 Å². The molecule has 1 unspecified atom stereocenters. The van der Waals surface area contributed by atoms with Crippen molar-refractivity contribution in [2.24, 2.45) is 0 Å². The van der Waals surface area contributed by atoms with E-state index < -0.39 is 11.9 Å². The predicted octanol–water partition coefficient (Wildman–Crippen LogP) is 5.28.